The number of ketones is 1. The number of benzene rings is 1. The van der Waals surface area contributed by atoms with E-state index in [9.17, 15) is 22.4 Å². The third-order valence-corrected chi connectivity index (χ3v) is 5.19. The maximum Gasteiger partial charge on any atom is 0.422 e. The molecule has 3 aromatic rings. The van der Waals surface area contributed by atoms with Gasteiger partial charge in [-0.05, 0) is 50.1 Å². The smallest absolute Gasteiger partial charge is 0.422 e. The van der Waals surface area contributed by atoms with E-state index in [1.807, 2.05) is 17.0 Å². The number of halogens is 4. The molecule has 1 saturated heterocycles. The SMILES string of the molecule is CC(=O)c1cnn2ccc(N3CCC[C@@H]3c3cc(F)ccc3OCC(F)(F)F)cc12. The Morgan fingerprint density at radius 1 is 1.27 bits per heavy atom. The van der Waals surface area contributed by atoms with Gasteiger partial charge in [0.15, 0.2) is 12.4 Å². The zero-order chi connectivity index (χ0) is 21.5. The van der Waals surface area contributed by atoms with Crippen LogP contribution in [0.5, 0.6) is 5.75 Å². The van der Waals surface area contributed by atoms with Crippen molar-refractivity contribution in [2.24, 2.45) is 0 Å². The second-order valence-corrected chi connectivity index (χ2v) is 7.27. The molecule has 1 fully saturated rings. The number of fused-ring (bicyclic) bond motifs is 1. The van der Waals surface area contributed by atoms with Gasteiger partial charge in [-0.25, -0.2) is 8.91 Å². The number of hydrogen-bond donors (Lipinski definition) is 0. The van der Waals surface area contributed by atoms with Crippen molar-refractivity contribution in [1.82, 2.24) is 9.61 Å². The second-order valence-electron chi connectivity index (χ2n) is 7.27. The van der Waals surface area contributed by atoms with E-state index in [4.69, 9.17) is 4.74 Å². The van der Waals surface area contributed by atoms with Gasteiger partial charge < -0.3 is 9.64 Å². The summed E-state index contributed by atoms with van der Waals surface area (Å²) in [6.45, 7) is 0.654. The van der Waals surface area contributed by atoms with Crippen molar-refractivity contribution in [3.8, 4) is 5.75 Å². The molecule has 0 spiro atoms. The summed E-state index contributed by atoms with van der Waals surface area (Å²) in [7, 11) is 0. The quantitative estimate of drug-likeness (QED) is 0.432. The number of Topliss-reactive ketones (excluding diaryl/α,β-unsaturated/α-hetero) is 1. The predicted octanol–water partition coefficient (Wildman–Crippen LogP) is 4.96. The van der Waals surface area contributed by atoms with E-state index in [2.05, 4.69) is 5.10 Å². The van der Waals surface area contributed by atoms with Crippen molar-refractivity contribution in [2.45, 2.75) is 32.0 Å². The molecular weight excluding hydrogens is 402 g/mol. The molecule has 158 valence electrons. The van der Waals surface area contributed by atoms with Crippen molar-refractivity contribution in [3.63, 3.8) is 0 Å². The van der Waals surface area contributed by atoms with E-state index >= 15 is 0 Å². The number of carbonyl (C=O) groups is 1. The van der Waals surface area contributed by atoms with E-state index in [0.29, 0.717) is 29.6 Å². The summed E-state index contributed by atoms with van der Waals surface area (Å²) in [5.74, 6) is -0.644. The third kappa shape index (κ3) is 3.96. The molecule has 1 aliphatic rings. The highest BCUT2D eigenvalue weighted by molar-refractivity contribution is 6.00. The third-order valence-electron chi connectivity index (χ3n) is 5.19. The van der Waals surface area contributed by atoms with Gasteiger partial charge in [-0.15, -0.1) is 0 Å². The van der Waals surface area contributed by atoms with Crippen molar-refractivity contribution in [3.05, 3.63) is 59.7 Å². The number of carbonyl (C=O) groups excluding carboxylic acids is 1. The number of pyridine rings is 1. The number of alkyl halides is 3. The van der Waals surface area contributed by atoms with Crippen LogP contribution in [0.3, 0.4) is 0 Å². The molecule has 5 nitrogen and oxygen atoms in total. The van der Waals surface area contributed by atoms with Crippen LogP contribution in [-0.2, 0) is 0 Å². The molecule has 9 heteroatoms. The Labute approximate surface area is 169 Å². The van der Waals surface area contributed by atoms with E-state index in [-0.39, 0.29) is 17.6 Å². The summed E-state index contributed by atoms with van der Waals surface area (Å²) < 4.78 is 58.5. The van der Waals surface area contributed by atoms with Gasteiger partial charge in [0.25, 0.3) is 0 Å². The Morgan fingerprint density at radius 3 is 2.80 bits per heavy atom. The number of anilines is 1. The minimum absolute atomic E-state index is 0.0143. The first-order valence-electron chi connectivity index (χ1n) is 9.47. The lowest BCUT2D eigenvalue weighted by atomic mass is 10.0. The molecule has 2 aromatic heterocycles. The molecule has 30 heavy (non-hydrogen) atoms. The zero-order valence-corrected chi connectivity index (χ0v) is 16.1. The molecule has 4 rings (SSSR count). The van der Waals surface area contributed by atoms with Gasteiger partial charge in [-0.2, -0.15) is 18.3 Å². The highest BCUT2D eigenvalue weighted by atomic mass is 19.4. The van der Waals surface area contributed by atoms with Crippen molar-refractivity contribution in [1.29, 1.82) is 0 Å². The normalized spacial score (nSPS) is 17.0. The highest BCUT2D eigenvalue weighted by Gasteiger charge is 2.32. The standard InChI is InChI=1S/C21H19F4N3O2/c1-13(29)17-11-26-28-8-6-15(10-19(17)28)27-7-2-3-18(27)16-9-14(22)4-5-20(16)30-12-21(23,24)25/h4-6,8-11,18H,2-3,7,12H2,1H3/t18-/m1/s1. The number of nitrogens with zero attached hydrogens (tertiary/aromatic N) is 3. The summed E-state index contributed by atoms with van der Waals surface area (Å²) in [6.07, 6.45) is 0.147. The molecule has 0 N–H and O–H groups in total. The van der Waals surface area contributed by atoms with Crippen LogP contribution in [-0.4, -0.2) is 34.7 Å². The topological polar surface area (TPSA) is 46.8 Å². The lowest BCUT2D eigenvalue weighted by Gasteiger charge is -2.29. The molecule has 0 unspecified atom stereocenters. The van der Waals surface area contributed by atoms with Crippen LogP contribution in [0.15, 0.2) is 42.7 Å². The average molecular weight is 421 g/mol. The Kier molecular flexibility index (Phi) is 5.13. The molecule has 0 saturated carbocycles. The fourth-order valence-corrected chi connectivity index (χ4v) is 3.89. The van der Waals surface area contributed by atoms with Gasteiger partial charge in [0, 0.05) is 24.0 Å². The monoisotopic (exact) mass is 421 g/mol. The Hall–Kier alpha value is -3.10. The van der Waals surface area contributed by atoms with E-state index in [1.165, 1.54) is 25.3 Å². The van der Waals surface area contributed by atoms with Crippen LogP contribution < -0.4 is 9.64 Å². The molecule has 0 aliphatic carbocycles. The first-order valence-corrected chi connectivity index (χ1v) is 9.47. The first kappa shape index (κ1) is 20.2. The summed E-state index contributed by atoms with van der Waals surface area (Å²) in [5, 5.41) is 4.16. The van der Waals surface area contributed by atoms with Crippen LogP contribution in [0.4, 0.5) is 23.2 Å². The molecule has 1 aromatic carbocycles. The fourth-order valence-electron chi connectivity index (χ4n) is 3.89. The first-order chi connectivity index (χ1) is 14.2. The van der Waals surface area contributed by atoms with Crippen LogP contribution in [0.25, 0.3) is 5.52 Å². The molecule has 0 bridgehead atoms. The van der Waals surface area contributed by atoms with Crippen molar-refractivity contribution in [2.75, 3.05) is 18.1 Å². The number of aromatic nitrogens is 2. The molecule has 0 radical (unpaired) electrons. The van der Waals surface area contributed by atoms with Gasteiger partial charge in [0.1, 0.15) is 11.6 Å². The van der Waals surface area contributed by atoms with Gasteiger partial charge in [-0.1, -0.05) is 0 Å². The molecule has 1 aliphatic heterocycles. The minimum Gasteiger partial charge on any atom is -0.484 e. The van der Waals surface area contributed by atoms with Crippen LogP contribution in [0.1, 0.15) is 41.7 Å². The van der Waals surface area contributed by atoms with E-state index in [1.54, 1.807) is 10.7 Å². The van der Waals surface area contributed by atoms with Crippen molar-refractivity contribution < 1.29 is 27.1 Å². The molecule has 0 amide bonds. The van der Waals surface area contributed by atoms with Gasteiger partial charge in [0.2, 0.25) is 0 Å². The Bertz CT molecular complexity index is 1090. The average Bonchev–Trinajstić information content (AvgIpc) is 3.32. The second kappa shape index (κ2) is 7.62. The lowest BCUT2D eigenvalue weighted by molar-refractivity contribution is -0.153. The zero-order valence-electron chi connectivity index (χ0n) is 16.1. The van der Waals surface area contributed by atoms with Gasteiger partial charge >= 0.3 is 6.18 Å². The predicted molar refractivity (Wildman–Crippen MR) is 102 cm³/mol. The lowest BCUT2D eigenvalue weighted by Crippen LogP contribution is -2.24. The van der Waals surface area contributed by atoms with Gasteiger partial charge in [-0.3, -0.25) is 4.79 Å². The minimum atomic E-state index is -4.49. The summed E-state index contributed by atoms with van der Waals surface area (Å²) in [4.78, 5) is 13.8. The van der Waals surface area contributed by atoms with Crippen LogP contribution in [0.2, 0.25) is 0 Å². The molecular formula is C21H19F4N3O2. The molecule has 1 atom stereocenters. The van der Waals surface area contributed by atoms with Crippen LogP contribution in [0, 0.1) is 5.82 Å². The highest BCUT2D eigenvalue weighted by Crippen LogP contribution is 2.41. The van der Waals surface area contributed by atoms with Crippen LogP contribution >= 0.6 is 0 Å². The number of ether oxygens (including phenoxy) is 1. The summed E-state index contributed by atoms with van der Waals surface area (Å²) >= 11 is 0. The number of hydrogen-bond acceptors (Lipinski definition) is 4. The summed E-state index contributed by atoms with van der Waals surface area (Å²) in [5.41, 5.74) is 2.27. The maximum absolute atomic E-state index is 14.0. The maximum atomic E-state index is 14.0. The Balaban J connectivity index is 1.71. The Morgan fingerprint density at radius 2 is 2.07 bits per heavy atom. The van der Waals surface area contributed by atoms with Gasteiger partial charge in [0.05, 0.1) is 23.3 Å². The van der Waals surface area contributed by atoms with E-state index in [0.717, 1.165) is 18.2 Å². The number of rotatable bonds is 5. The van der Waals surface area contributed by atoms with Crippen molar-refractivity contribution >= 4 is 17.0 Å². The summed E-state index contributed by atoms with van der Waals surface area (Å²) in [6, 6.07) is 6.84. The van der Waals surface area contributed by atoms with E-state index < -0.39 is 18.6 Å². The fraction of sp³-hybridized carbons (Fsp3) is 0.333. The largest absolute Gasteiger partial charge is 0.484 e. The molecule has 3 heterocycles.